The van der Waals surface area contributed by atoms with Crippen molar-refractivity contribution in [1.29, 1.82) is 0 Å². The molecule has 7 nitrogen and oxygen atoms in total. The number of allylic oxidation sites excluding steroid dienone is 1. The molecule has 0 radical (unpaired) electrons. The first-order chi connectivity index (χ1) is 18.6. The van der Waals surface area contributed by atoms with E-state index < -0.39 is 4.92 Å². The lowest BCUT2D eigenvalue weighted by molar-refractivity contribution is -0.384. The summed E-state index contributed by atoms with van der Waals surface area (Å²) in [5, 5.41) is 13.2. The maximum Gasteiger partial charge on any atom is 0.271 e. The van der Waals surface area contributed by atoms with Crippen LogP contribution in [0.15, 0.2) is 98.0 Å². The zero-order valence-corrected chi connectivity index (χ0v) is 21.5. The lowest BCUT2D eigenvalue weighted by Gasteiger charge is -2.30. The van der Waals surface area contributed by atoms with Crippen LogP contribution in [0.3, 0.4) is 0 Å². The van der Waals surface area contributed by atoms with Crippen molar-refractivity contribution < 1.29 is 9.34 Å². The number of furan rings is 1. The molecule has 2 aliphatic rings. The van der Waals surface area contributed by atoms with Crippen molar-refractivity contribution in [3.63, 3.8) is 0 Å². The second-order valence-corrected chi connectivity index (χ2v) is 11.1. The van der Waals surface area contributed by atoms with Crippen molar-refractivity contribution in [3.05, 3.63) is 135 Å². The summed E-state index contributed by atoms with van der Waals surface area (Å²) >= 11 is 3.00. The summed E-state index contributed by atoms with van der Waals surface area (Å²) in [7, 11) is 0. The van der Waals surface area contributed by atoms with E-state index in [0.29, 0.717) is 26.4 Å². The fourth-order valence-corrected chi connectivity index (χ4v) is 7.03. The van der Waals surface area contributed by atoms with Crippen LogP contribution in [0.4, 0.5) is 5.69 Å². The number of thiazole rings is 1. The van der Waals surface area contributed by atoms with Gasteiger partial charge in [-0.1, -0.05) is 53.8 Å². The van der Waals surface area contributed by atoms with E-state index >= 15 is 0 Å². The number of benzene rings is 2. The third-order valence-corrected chi connectivity index (χ3v) is 8.83. The maximum atomic E-state index is 13.8. The molecule has 0 bridgehead atoms. The van der Waals surface area contributed by atoms with Crippen molar-refractivity contribution in [2.75, 3.05) is 0 Å². The molecule has 1 atom stereocenters. The van der Waals surface area contributed by atoms with Crippen LogP contribution in [0.2, 0.25) is 0 Å². The second-order valence-electron chi connectivity index (χ2n) is 9.14. The topological polar surface area (TPSA) is 90.6 Å². The summed E-state index contributed by atoms with van der Waals surface area (Å²) in [6.07, 6.45) is 3.50. The Bertz CT molecular complexity index is 1940. The lowest BCUT2D eigenvalue weighted by Crippen LogP contribution is -2.38. The monoisotopic (exact) mass is 537 g/mol. The number of thiophene rings is 1. The Morgan fingerprint density at radius 1 is 1.05 bits per heavy atom. The van der Waals surface area contributed by atoms with Gasteiger partial charge in [0.1, 0.15) is 11.5 Å². The number of nitrogens with zero attached hydrogens (tertiary/aromatic N) is 3. The van der Waals surface area contributed by atoms with E-state index in [0.717, 1.165) is 29.0 Å². The van der Waals surface area contributed by atoms with E-state index in [2.05, 4.69) is 24.3 Å². The molecule has 7 rings (SSSR count). The highest BCUT2D eigenvalue weighted by Crippen LogP contribution is 2.42. The first-order valence-corrected chi connectivity index (χ1v) is 13.8. The number of nitro groups is 1. The molecule has 2 aromatic carbocycles. The SMILES string of the molecule is O=c1/c(=C\c2ccc(-c3cccc([N+](=O)[O-])c3)o2)sc2n1[C@@H](c1cccs1)C1=C(N=2)c2ccccc2CC1. The average Bonchev–Trinajstić information content (AvgIpc) is 3.70. The zero-order chi connectivity index (χ0) is 25.8. The number of rotatable bonds is 4. The standard InChI is InChI=1S/C29H19N3O4S2/c33-28-25(16-20-11-13-23(36-20)18-6-3-7-19(15-18)32(34)35)38-29-30-26-21-8-2-1-5-17(21)10-12-22(26)27(31(28)29)24-9-4-14-37-24/h1-9,11,13-16,27H,10,12H2/b25-16+/t27-/m1/s1. The molecule has 3 aromatic heterocycles. The highest BCUT2D eigenvalue weighted by molar-refractivity contribution is 7.10. The van der Waals surface area contributed by atoms with E-state index in [1.54, 1.807) is 41.7 Å². The van der Waals surface area contributed by atoms with Gasteiger partial charge in [0.15, 0.2) is 4.80 Å². The summed E-state index contributed by atoms with van der Waals surface area (Å²) < 4.78 is 8.32. The van der Waals surface area contributed by atoms with Crippen LogP contribution in [-0.2, 0) is 6.42 Å². The summed E-state index contributed by atoms with van der Waals surface area (Å²) in [6, 6.07) is 22.1. The Kier molecular flexibility index (Phi) is 5.34. The van der Waals surface area contributed by atoms with Crippen LogP contribution < -0.4 is 14.9 Å². The van der Waals surface area contributed by atoms with Gasteiger partial charge in [0.25, 0.3) is 11.2 Å². The van der Waals surface area contributed by atoms with Gasteiger partial charge in [-0.15, -0.1) is 11.3 Å². The summed E-state index contributed by atoms with van der Waals surface area (Å²) in [4.78, 5) is 31.3. The molecule has 0 saturated carbocycles. The van der Waals surface area contributed by atoms with Crippen LogP contribution in [0.5, 0.6) is 0 Å². The summed E-state index contributed by atoms with van der Waals surface area (Å²) in [5.41, 5.74) is 5.06. The Morgan fingerprint density at radius 2 is 1.95 bits per heavy atom. The van der Waals surface area contributed by atoms with Gasteiger partial charge < -0.3 is 4.42 Å². The largest absolute Gasteiger partial charge is 0.457 e. The van der Waals surface area contributed by atoms with Crippen molar-refractivity contribution in [2.45, 2.75) is 18.9 Å². The van der Waals surface area contributed by atoms with E-state index in [1.165, 1.54) is 34.6 Å². The minimum Gasteiger partial charge on any atom is -0.457 e. The number of nitro benzene ring substituents is 1. The predicted molar refractivity (Wildman–Crippen MR) is 148 cm³/mol. The van der Waals surface area contributed by atoms with Gasteiger partial charge in [0.05, 0.1) is 21.2 Å². The Balaban J connectivity index is 1.36. The second kappa shape index (κ2) is 8.90. The van der Waals surface area contributed by atoms with Gasteiger partial charge in [0.2, 0.25) is 0 Å². The molecule has 1 aliphatic heterocycles. The Labute approximate surface area is 224 Å². The number of fused-ring (bicyclic) bond motifs is 3. The molecule has 9 heteroatoms. The summed E-state index contributed by atoms with van der Waals surface area (Å²) in [5.74, 6) is 0.995. The van der Waals surface area contributed by atoms with Crippen molar-refractivity contribution in [3.8, 4) is 11.3 Å². The maximum absolute atomic E-state index is 13.8. The summed E-state index contributed by atoms with van der Waals surface area (Å²) in [6.45, 7) is 0. The third kappa shape index (κ3) is 3.70. The molecule has 5 aromatic rings. The third-order valence-electron chi connectivity index (χ3n) is 6.93. The molecule has 38 heavy (non-hydrogen) atoms. The van der Waals surface area contributed by atoms with Crippen LogP contribution in [-0.4, -0.2) is 9.49 Å². The predicted octanol–water partition coefficient (Wildman–Crippen LogP) is 5.55. The highest BCUT2D eigenvalue weighted by atomic mass is 32.1. The van der Waals surface area contributed by atoms with Gasteiger partial charge >= 0.3 is 0 Å². The fraction of sp³-hybridized carbons (Fsp3) is 0.103. The Hall–Kier alpha value is -4.34. The quantitative estimate of drug-likeness (QED) is 0.222. The molecular formula is C29H19N3O4S2. The molecule has 0 spiro atoms. The minimum atomic E-state index is -0.434. The lowest BCUT2D eigenvalue weighted by atomic mass is 9.85. The number of aryl methyl sites for hydroxylation is 1. The van der Waals surface area contributed by atoms with Gasteiger partial charge in [-0.3, -0.25) is 19.5 Å². The van der Waals surface area contributed by atoms with Crippen LogP contribution >= 0.6 is 22.7 Å². The Morgan fingerprint density at radius 3 is 2.79 bits per heavy atom. The van der Waals surface area contributed by atoms with Gasteiger partial charge in [-0.05, 0) is 47.6 Å². The molecule has 0 N–H and O–H groups in total. The van der Waals surface area contributed by atoms with Crippen molar-refractivity contribution in [1.82, 2.24) is 4.57 Å². The normalized spacial score (nSPS) is 16.5. The van der Waals surface area contributed by atoms with Gasteiger partial charge in [-0.2, -0.15) is 0 Å². The number of non-ortho nitro benzene ring substituents is 1. The molecule has 1 aliphatic carbocycles. The van der Waals surface area contributed by atoms with Crippen LogP contribution in [0, 0.1) is 10.1 Å². The average molecular weight is 538 g/mol. The number of hydrogen-bond donors (Lipinski definition) is 0. The molecule has 0 fully saturated rings. The smallest absolute Gasteiger partial charge is 0.271 e. The van der Waals surface area contributed by atoms with E-state index in [4.69, 9.17) is 9.41 Å². The minimum absolute atomic E-state index is 0.00660. The highest BCUT2D eigenvalue weighted by Gasteiger charge is 2.33. The van der Waals surface area contributed by atoms with Gasteiger partial charge in [0, 0.05) is 34.2 Å². The number of aromatic nitrogens is 1. The molecule has 0 saturated heterocycles. The number of hydrogen-bond acceptors (Lipinski definition) is 7. The first kappa shape index (κ1) is 22.8. The molecule has 0 amide bonds. The first-order valence-electron chi connectivity index (χ1n) is 12.1. The van der Waals surface area contributed by atoms with Crippen molar-refractivity contribution in [2.24, 2.45) is 4.99 Å². The van der Waals surface area contributed by atoms with Crippen LogP contribution in [0.1, 0.15) is 34.2 Å². The van der Waals surface area contributed by atoms with Gasteiger partial charge in [-0.25, -0.2) is 4.99 Å². The van der Waals surface area contributed by atoms with Crippen molar-refractivity contribution >= 4 is 40.1 Å². The van der Waals surface area contributed by atoms with E-state index in [1.807, 2.05) is 22.1 Å². The van der Waals surface area contributed by atoms with Crippen LogP contribution in [0.25, 0.3) is 23.1 Å². The van der Waals surface area contributed by atoms with E-state index in [9.17, 15) is 14.9 Å². The molecular weight excluding hydrogens is 518 g/mol. The molecule has 186 valence electrons. The molecule has 0 unspecified atom stereocenters. The molecule has 4 heterocycles. The zero-order valence-electron chi connectivity index (χ0n) is 19.9. The fourth-order valence-electron chi connectivity index (χ4n) is 5.21. The van der Waals surface area contributed by atoms with E-state index in [-0.39, 0.29) is 17.3 Å².